The molecule has 0 bridgehead atoms. The van der Waals surface area contributed by atoms with E-state index in [1.165, 1.54) is 199 Å². The molecule has 1 aliphatic heterocycles. The molecule has 4 heteroatoms. The molecule has 0 amide bonds. The Balaban J connectivity index is 2.34. The maximum atomic E-state index is 5.60. The van der Waals surface area contributed by atoms with Crippen LogP contribution in [0.1, 0.15) is 187 Å². The van der Waals surface area contributed by atoms with E-state index in [4.69, 9.17) is 15.5 Å². The van der Waals surface area contributed by atoms with Gasteiger partial charge >= 0.3 is 0 Å². The Morgan fingerprint density at radius 3 is 1.62 bits per heavy atom. The van der Waals surface area contributed by atoms with Crippen LogP contribution in [-0.2, 0) is 4.74 Å². The molecule has 0 saturated carbocycles. The first-order valence-corrected chi connectivity index (χ1v) is 18.4. The van der Waals surface area contributed by atoms with Gasteiger partial charge in [0.2, 0.25) is 0 Å². The molecule has 238 valence electrons. The predicted octanol–water partition coefficient (Wildman–Crippen LogP) is 10.6. The molecule has 0 aromatic heterocycles. The Morgan fingerprint density at radius 1 is 0.575 bits per heavy atom. The van der Waals surface area contributed by atoms with Crippen molar-refractivity contribution in [2.45, 2.75) is 187 Å². The zero-order valence-electron chi connectivity index (χ0n) is 27.4. The molecule has 1 aliphatic rings. The van der Waals surface area contributed by atoms with Crippen molar-refractivity contribution in [3.8, 4) is 0 Å². The van der Waals surface area contributed by atoms with Crippen LogP contribution in [0, 0.1) is 0 Å². The minimum atomic E-state index is 0.860. The zero-order chi connectivity index (χ0) is 28.6. The number of nitrogens with zero attached hydrogens (tertiary/aromatic N) is 2. The lowest BCUT2D eigenvalue weighted by Gasteiger charge is -2.27. The van der Waals surface area contributed by atoms with E-state index < -0.39 is 0 Å². The summed E-state index contributed by atoms with van der Waals surface area (Å²) in [5.74, 6) is 1.46. The van der Waals surface area contributed by atoms with Crippen molar-refractivity contribution < 1.29 is 4.74 Å². The van der Waals surface area contributed by atoms with E-state index in [2.05, 4.69) is 11.8 Å². The van der Waals surface area contributed by atoms with Crippen LogP contribution in [0.3, 0.4) is 0 Å². The van der Waals surface area contributed by atoms with Gasteiger partial charge in [-0.1, -0.05) is 135 Å². The van der Waals surface area contributed by atoms with Crippen molar-refractivity contribution in [2.24, 2.45) is 10.7 Å². The number of amidine groups is 1. The van der Waals surface area contributed by atoms with Crippen LogP contribution in [0.15, 0.2) is 4.99 Å². The average Bonchev–Trinajstić information content (AvgIpc) is 2.99. The lowest BCUT2D eigenvalue weighted by Crippen LogP contribution is -2.33. The van der Waals surface area contributed by atoms with Crippen LogP contribution in [0.5, 0.6) is 0 Å². The fraction of sp³-hybridized carbons (Fsp3) is 0.972. The van der Waals surface area contributed by atoms with Gasteiger partial charge in [0, 0.05) is 39.3 Å². The van der Waals surface area contributed by atoms with Gasteiger partial charge in [-0.05, 0) is 52.0 Å². The molecule has 1 fully saturated rings. The monoisotopic (exact) mass is 564 g/mol. The summed E-state index contributed by atoms with van der Waals surface area (Å²) in [6.07, 6.45) is 38.4. The SMILES string of the molecule is CCOCCCCCCCCCCN=C1CCCCCCCCCCCN1CCCCCCCCCCCCN. The van der Waals surface area contributed by atoms with Gasteiger partial charge in [0.15, 0.2) is 0 Å². The first kappa shape index (κ1) is 37.4. The van der Waals surface area contributed by atoms with Crippen LogP contribution >= 0.6 is 0 Å². The highest BCUT2D eigenvalue weighted by molar-refractivity contribution is 5.82. The highest BCUT2D eigenvalue weighted by Crippen LogP contribution is 2.17. The summed E-state index contributed by atoms with van der Waals surface area (Å²) < 4.78 is 5.45. The van der Waals surface area contributed by atoms with Crippen LogP contribution < -0.4 is 5.73 Å². The summed E-state index contributed by atoms with van der Waals surface area (Å²) in [5.41, 5.74) is 5.60. The van der Waals surface area contributed by atoms with Crippen molar-refractivity contribution in [1.82, 2.24) is 4.90 Å². The summed E-state index contributed by atoms with van der Waals surface area (Å²) >= 11 is 0. The lowest BCUT2D eigenvalue weighted by molar-refractivity contribution is 0.143. The Hall–Kier alpha value is -0.610. The minimum Gasteiger partial charge on any atom is -0.382 e. The summed E-state index contributed by atoms with van der Waals surface area (Å²) in [4.78, 5) is 8.02. The highest BCUT2D eigenvalue weighted by Gasteiger charge is 2.12. The molecule has 1 heterocycles. The molecule has 0 aromatic carbocycles. The molecule has 0 aliphatic carbocycles. The molecule has 0 aromatic rings. The van der Waals surface area contributed by atoms with E-state index in [0.29, 0.717) is 0 Å². The third-order valence-electron chi connectivity index (χ3n) is 8.77. The van der Waals surface area contributed by atoms with Crippen molar-refractivity contribution in [2.75, 3.05) is 39.4 Å². The molecule has 0 spiro atoms. The molecule has 2 N–H and O–H groups in total. The first-order valence-electron chi connectivity index (χ1n) is 18.4. The molecular weight excluding hydrogens is 490 g/mol. The van der Waals surface area contributed by atoms with Crippen LogP contribution in [0.2, 0.25) is 0 Å². The Bertz CT molecular complexity index is 524. The number of aliphatic imine (C=N–C) groups is 1. The third-order valence-corrected chi connectivity index (χ3v) is 8.77. The second kappa shape index (κ2) is 31.3. The number of rotatable bonds is 24. The normalized spacial score (nSPS) is 17.1. The van der Waals surface area contributed by atoms with Crippen LogP contribution in [-0.4, -0.2) is 50.1 Å². The molecule has 0 unspecified atom stereocenters. The number of hydrogen-bond donors (Lipinski definition) is 1. The zero-order valence-corrected chi connectivity index (χ0v) is 27.4. The fourth-order valence-corrected chi connectivity index (χ4v) is 6.12. The van der Waals surface area contributed by atoms with Crippen molar-refractivity contribution >= 4 is 5.84 Å². The van der Waals surface area contributed by atoms with Gasteiger partial charge in [-0.3, -0.25) is 4.99 Å². The fourth-order valence-electron chi connectivity index (χ4n) is 6.12. The molecule has 1 rings (SSSR count). The highest BCUT2D eigenvalue weighted by atomic mass is 16.5. The van der Waals surface area contributed by atoms with E-state index in [-0.39, 0.29) is 0 Å². The second-order valence-corrected chi connectivity index (χ2v) is 12.6. The summed E-state index contributed by atoms with van der Waals surface area (Å²) in [7, 11) is 0. The summed E-state index contributed by atoms with van der Waals surface area (Å²) in [6.45, 7) is 8.28. The topological polar surface area (TPSA) is 50.8 Å². The second-order valence-electron chi connectivity index (χ2n) is 12.6. The van der Waals surface area contributed by atoms with Crippen LogP contribution in [0.4, 0.5) is 0 Å². The number of unbranched alkanes of at least 4 members (excludes halogenated alkanes) is 16. The molecule has 4 nitrogen and oxygen atoms in total. The Kier molecular flexibility index (Phi) is 29.3. The molecule has 0 radical (unpaired) electrons. The summed E-state index contributed by atoms with van der Waals surface area (Å²) in [5, 5.41) is 0. The van der Waals surface area contributed by atoms with E-state index in [9.17, 15) is 0 Å². The maximum absolute atomic E-state index is 5.60. The summed E-state index contributed by atoms with van der Waals surface area (Å²) in [6, 6.07) is 0. The smallest absolute Gasteiger partial charge is 0.0988 e. The van der Waals surface area contributed by atoms with E-state index in [1.807, 2.05) is 0 Å². The largest absolute Gasteiger partial charge is 0.382 e. The van der Waals surface area contributed by atoms with Gasteiger partial charge in [0.1, 0.15) is 0 Å². The van der Waals surface area contributed by atoms with Gasteiger partial charge in [-0.2, -0.15) is 0 Å². The van der Waals surface area contributed by atoms with E-state index >= 15 is 0 Å². The van der Waals surface area contributed by atoms with Gasteiger partial charge < -0.3 is 15.4 Å². The maximum Gasteiger partial charge on any atom is 0.0988 e. The molecule has 0 atom stereocenters. The van der Waals surface area contributed by atoms with Crippen molar-refractivity contribution in [3.63, 3.8) is 0 Å². The van der Waals surface area contributed by atoms with Gasteiger partial charge in [0.05, 0.1) is 5.84 Å². The van der Waals surface area contributed by atoms with Gasteiger partial charge in [-0.15, -0.1) is 0 Å². The minimum absolute atomic E-state index is 0.860. The lowest BCUT2D eigenvalue weighted by atomic mass is 10.1. The quantitative estimate of drug-likeness (QED) is 0.119. The van der Waals surface area contributed by atoms with Gasteiger partial charge in [-0.25, -0.2) is 0 Å². The van der Waals surface area contributed by atoms with Crippen LogP contribution in [0.25, 0.3) is 0 Å². The molecule has 1 saturated heterocycles. The Labute approximate surface area is 252 Å². The van der Waals surface area contributed by atoms with E-state index in [0.717, 1.165) is 26.3 Å². The first-order chi connectivity index (χ1) is 19.9. The average molecular weight is 564 g/mol. The van der Waals surface area contributed by atoms with Gasteiger partial charge in [0.25, 0.3) is 0 Å². The Morgan fingerprint density at radius 2 is 1.05 bits per heavy atom. The molecular formula is C36H73N3O. The standard InChI is InChI=1S/C36H73N3O/c1-2-40-35-29-23-17-11-8-14-20-26-32-38-36-30-24-18-12-6-5-10-16-22-28-34-39(36)33-27-21-15-9-4-3-7-13-19-25-31-37/h2-35,37H2,1H3. The predicted molar refractivity (Wildman–Crippen MR) is 179 cm³/mol. The number of nitrogens with two attached hydrogens (primary N) is 1. The molecule has 40 heavy (non-hydrogen) atoms. The number of ether oxygens (including phenoxy) is 1. The number of hydrogen-bond acceptors (Lipinski definition) is 3. The van der Waals surface area contributed by atoms with Crippen molar-refractivity contribution in [3.05, 3.63) is 0 Å². The third kappa shape index (κ3) is 25.1. The van der Waals surface area contributed by atoms with Crippen molar-refractivity contribution in [1.29, 1.82) is 0 Å². The van der Waals surface area contributed by atoms with E-state index in [1.54, 1.807) is 0 Å².